The number of nitrogens with zero attached hydrogens (tertiary/aromatic N) is 6. The molecule has 0 saturated carbocycles. The molecular weight excluding hydrogens is 452 g/mol. The van der Waals surface area contributed by atoms with Crippen LogP contribution in [0.1, 0.15) is 11.5 Å². The number of carbonyl (C=O) groups excluding carboxylic acids is 2. The van der Waals surface area contributed by atoms with Crippen molar-refractivity contribution in [3.05, 3.63) is 64.5 Å². The SMILES string of the molecule is Cc1cccc(-c2noc(CN3N=N[C@H]4C(=O)N(c5ccc(Br)cc5)C(=O)[C@H]43)n2)c1. The van der Waals surface area contributed by atoms with E-state index in [-0.39, 0.29) is 18.3 Å². The number of rotatable bonds is 4. The lowest BCUT2D eigenvalue weighted by molar-refractivity contribution is -0.123. The van der Waals surface area contributed by atoms with Crippen molar-refractivity contribution < 1.29 is 14.1 Å². The molecule has 3 heterocycles. The van der Waals surface area contributed by atoms with Gasteiger partial charge in [-0.25, -0.2) is 4.90 Å². The lowest BCUT2D eigenvalue weighted by atomic mass is 10.1. The summed E-state index contributed by atoms with van der Waals surface area (Å²) in [6.07, 6.45) is 0. The number of carbonyl (C=O) groups is 2. The van der Waals surface area contributed by atoms with Crippen molar-refractivity contribution in [2.45, 2.75) is 25.6 Å². The average Bonchev–Trinajstić information content (AvgIpc) is 3.42. The van der Waals surface area contributed by atoms with Crippen molar-refractivity contribution in [2.75, 3.05) is 4.90 Å². The molecule has 0 unspecified atom stereocenters. The van der Waals surface area contributed by atoms with Crippen molar-refractivity contribution in [3.63, 3.8) is 0 Å². The Labute approximate surface area is 179 Å². The van der Waals surface area contributed by atoms with Gasteiger partial charge in [0.05, 0.1) is 5.69 Å². The monoisotopic (exact) mass is 466 g/mol. The van der Waals surface area contributed by atoms with Crippen LogP contribution in [0.4, 0.5) is 5.69 Å². The van der Waals surface area contributed by atoms with Gasteiger partial charge in [0.1, 0.15) is 6.54 Å². The summed E-state index contributed by atoms with van der Waals surface area (Å²) in [5, 5.41) is 13.5. The Morgan fingerprint density at radius 2 is 1.90 bits per heavy atom. The highest BCUT2D eigenvalue weighted by molar-refractivity contribution is 9.10. The molecule has 2 atom stereocenters. The number of aryl methyl sites for hydroxylation is 1. The van der Waals surface area contributed by atoms with E-state index in [0.717, 1.165) is 20.5 Å². The molecule has 10 heteroatoms. The highest BCUT2D eigenvalue weighted by Gasteiger charge is 2.55. The fourth-order valence-corrected chi connectivity index (χ4v) is 3.82. The van der Waals surface area contributed by atoms with E-state index < -0.39 is 18.0 Å². The second kappa shape index (κ2) is 7.13. The van der Waals surface area contributed by atoms with Gasteiger partial charge in [-0.2, -0.15) is 10.1 Å². The van der Waals surface area contributed by atoms with Gasteiger partial charge in [-0.1, -0.05) is 50.1 Å². The van der Waals surface area contributed by atoms with Gasteiger partial charge in [-0.15, -0.1) is 0 Å². The summed E-state index contributed by atoms with van der Waals surface area (Å²) in [4.78, 5) is 31.3. The molecule has 2 aliphatic rings. The number of anilines is 1. The molecule has 2 amide bonds. The van der Waals surface area contributed by atoms with E-state index in [9.17, 15) is 9.59 Å². The van der Waals surface area contributed by atoms with Gasteiger partial charge in [0, 0.05) is 10.0 Å². The first-order chi connectivity index (χ1) is 14.5. The third-order valence-electron chi connectivity index (χ3n) is 4.98. The van der Waals surface area contributed by atoms with Crippen LogP contribution in [0.25, 0.3) is 11.4 Å². The lowest BCUT2D eigenvalue weighted by Crippen LogP contribution is -2.39. The number of halogens is 1. The Kier molecular flexibility index (Phi) is 4.43. The number of fused-ring (bicyclic) bond motifs is 1. The maximum Gasteiger partial charge on any atom is 0.263 e. The van der Waals surface area contributed by atoms with Crippen molar-refractivity contribution in [2.24, 2.45) is 10.3 Å². The Morgan fingerprint density at radius 1 is 1.10 bits per heavy atom. The Morgan fingerprint density at radius 3 is 2.67 bits per heavy atom. The number of hydrogen-bond donors (Lipinski definition) is 0. The molecule has 0 radical (unpaired) electrons. The normalized spacial score (nSPS) is 20.3. The van der Waals surface area contributed by atoms with E-state index in [1.165, 1.54) is 5.01 Å². The molecule has 150 valence electrons. The minimum absolute atomic E-state index is 0.0800. The fourth-order valence-electron chi connectivity index (χ4n) is 3.56. The van der Waals surface area contributed by atoms with Crippen molar-refractivity contribution in [1.82, 2.24) is 15.1 Å². The van der Waals surface area contributed by atoms with Crippen LogP contribution in [0.3, 0.4) is 0 Å². The van der Waals surface area contributed by atoms with E-state index in [0.29, 0.717) is 11.5 Å². The molecule has 1 fully saturated rings. The maximum atomic E-state index is 13.0. The predicted octanol–water partition coefficient (Wildman–Crippen LogP) is 3.30. The Hall–Kier alpha value is -3.40. The summed E-state index contributed by atoms with van der Waals surface area (Å²) in [5.41, 5.74) is 2.41. The zero-order valence-electron chi connectivity index (χ0n) is 15.8. The minimum atomic E-state index is -0.875. The summed E-state index contributed by atoms with van der Waals surface area (Å²) < 4.78 is 6.19. The summed E-state index contributed by atoms with van der Waals surface area (Å²) in [5.74, 6) is -0.0413. The molecule has 0 aliphatic carbocycles. The Bertz CT molecular complexity index is 1180. The number of aromatic nitrogens is 2. The molecule has 30 heavy (non-hydrogen) atoms. The van der Waals surface area contributed by atoms with Gasteiger partial charge in [-0.05, 0) is 37.3 Å². The van der Waals surface area contributed by atoms with Crippen LogP contribution < -0.4 is 4.90 Å². The van der Waals surface area contributed by atoms with Crippen LogP contribution >= 0.6 is 15.9 Å². The first kappa shape index (κ1) is 18.6. The van der Waals surface area contributed by atoms with Crippen molar-refractivity contribution >= 4 is 33.4 Å². The van der Waals surface area contributed by atoms with Gasteiger partial charge in [0.2, 0.25) is 11.7 Å². The highest BCUT2D eigenvalue weighted by atomic mass is 79.9. The van der Waals surface area contributed by atoms with E-state index in [1.54, 1.807) is 24.3 Å². The molecule has 0 bridgehead atoms. The van der Waals surface area contributed by atoms with E-state index in [4.69, 9.17) is 4.52 Å². The van der Waals surface area contributed by atoms with Gasteiger partial charge in [0.15, 0.2) is 12.1 Å². The number of amides is 2. The minimum Gasteiger partial charge on any atom is -0.337 e. The summed E-state index contributed by atoms with van der Waals surface area (Å²) in [6, 6.07) is 13.0. The smallest absolute Gasteiger partial charge is 0.263 e. The van der Waals surface area contributed by atoms with Gasteiger partial charge >= 0.3 is 0 Å². The van der Waals surface area contributed by atoms with E-state index >= 15 is 0 Å². The van der Waals surface area contributed by atoms with Gasteiger partial charge < -0.3 is 4.52 Å². The predicted molar refractivity (Wildman–Crippen MR) is 109 cm³/mol. The first-order valence-corrected chi connectivity index (χ1v) is 10.0. The number of hydrogen-bond acceptors (Lipinski definition) is 8. The standard InChI is InChI=1S/C20H15BrN6O3/c1-11-3-2-4-12(9-11)18-22-15(30-24-18)10-26-17-16(23-25-26)19(28)27(20(17)29)14-7-5-13(21)6-8-14/h2-9,16-17H,10H2,1H3/t16-,17+/m1/s1. The van der Waals surface area contributed by atoms with Crippen LogP contribution in [-0.4, -0.2) is 39.0 Å². The highest BCUT2D eigenvalue weighted by Crippen LogP contribution is 2.33. The molecule has 2 aromatic carbocycles. The second-order valence-electron chi connectivity index (χ2n) is 7.06. The summed E-state index contributed by atoms with van der Waals surface area (Å²) in [7, 11) is 0. The average molecular weight is 467 g/mol. The van der Waals surface area contributed by atoms with Crippen molar-refractivity contribution in [3.8, 4) is 11.4 Å². The number of imide groups is 1. The Balaban J connectivity index is 1.36. The van der Waals surface area contributed by atoms with Crippen LogP contribution in [-0.2, 0) is 16.1 Å². The van der Waals surface area contributed by atoms with Crippen LogP contribution in [0.15, 0.2) is 67.9 Å². The molecule has 3 aromatic rings. The zero-order chi connectivity index (χ0) is 20.8. The molecule has 0 spiro atoms. The molecule has 1 aromatic heterocycles. The second-order valence-corrected chi connectivity index (χ2v) is 7.98. The topological polar surface area (TPSA) is 104 Å². The van der Waals surface area contributed by atoms with E-state index in [1.807, 2.05) is 31.2 Å². The first-order valence-electron chi connectivity index (χ1n) is 9.22. The van der Waals surface area contributed by atoms with Crippen molar-refractivity contribution in [1.29, 1.82) is 0 Å². The van der Waals surface area contributed by atoms with Gasteiger partial charge in [0.25, 0.3) is 11.8 Å². The molecule has 5 rings (SSSR count). The lowest BCUT2D eigenvalue weighted by Gasteiger charge is -2.19. The number of benzene rings is 2. The largest absolute Gasteiger partial charge is 0.337 e. The summed E-state index contributed by atoms with van der Waals surface area (Å²) >= 11 is 3.35. The molecule has 0 N–H and O–H groups in total. The van der Waals surface area contributed by atoms with Crippen LogP contribution in [0.5, 0.6) is 0 Å². The molecule has 2 aliphatic heterocycles. The zero-order valence-corrected chi connectivity index (χ0v) is 17.4. The third kappa shape index (κ3) is 3.09. The third-order valence-corrected chi connectivity index (χ3v) is 5.51. The van der Waals surface area contributed by atoms with Gasteiger partial charge in [-0.3, -0.25) is 14.6 Å². The summed E-state index contributed by atoms with van der Waals surface area (Å²) in [6.45, 7) is 2.06. The van der Waals surface area contributed by atoms with Crippen LogP contribution in [0.2, 0.25) is 0 Å². The molecule has 1 saturated heterocycles. The molecular formula is C20H15BrN6O3. The van der Waals surface area contributed by atoms with Crippen LogP contribution in [0, 0.1) is 6.92 Å². The maximum absolute atomic E-state index is 13.0. The molecule has 9 nitrogen and oxygen atoms in total. The fraction of sp³-hybridized carbons (Fsp3) is 0.200. The van der Waals surface area contributed by atoms with E-state index in [2.05, 4.69) is 36.4 Å². The quantitative estimate of drug-likeness (QED) is 0.546.